The number of nitrogens with one attached hydrogen (secondary N) is 1. The molecule has 0 aliphatic carbocycles. The number of rotatable bonds is 17. The van der Waals surface area contributed by atoms with Crippen LogP contribution in [0, 0.1) is 11.6 Å². The molecule has 12 nitrogen and oxygen atoms in total. The molecule has 1 aromatic heterocycles. The van der Waals surface area contributed by atoms with Gasteiger partial charge in [-0.1, -0.05) is 41.4 Å². The van der Waals surface area contributed by atoms with E-state index in [9.17, 15) is 28.0 Å². The molecule has 5 rings (SSSR count). The Labute approximate surface area is 331 Å². The fraction of sp³-hybridized carbons (Fsp3) is 0.275. The van der Waals surface area contributed by atoms with Gasteiger partial charge in [-0.05, 0) is 83.8 Å². The molecule has 5 N–H and O–H groups in total. The van der Waals surface area contributed by atoms with Crippen LogP contribution in [0.25, 0.3) is 22.4 Å². The summed E-state index contributed by atoms with van der Waals surface area (Å²) in [5, 5.41) is 3.53. The highest BCUT2D eigenvalue weighted by atomic mass is 35.5. The topological polar surface area (TPSA) is 172 Å². The Morgan fingerprint density at radius 1 is 0.839 bits per heavy atom. The van der Waals surface area contributed by atoms with Gasteiger partial charge >= 0.3 is 11.9 Å². The number of carbonyl (C=O) groups is 4. The van der Waals surface area contributed by atoms with Crippen LogP contribution in [-0.2, 0) is 41.6 Å². The maximum atomic E-state index is 14.3. The fourth-order valence-electron chi connectivity index (χ4n) is 6.10. The normalized spacial score (nSPS) is 12.2. The van der Waals surface area contributed by atoms with Crippen molar-refractivity contribution in [1.29, 1.82) is 0 Å². The van der Waals surface area contributed by atoms with Crippen molar-refractivity contribution in [1.82, 2.24) is 14.9 Å². The van der Waals surface area contributed by atoms with E-state index in [0.29, 0.717) is 62.2 Å². The van der Waals surface area contributed by atoms with E-state index >= 15 is 0 Å². The van der Waals surface area contributed by atoms with Gasteiger partial charge in [-0.25, -0.2) is 13.8 Å². The van der Waals surface area contributed by atoms with Crippen molar-refractivity contribution in [2.24, 2.45) is 11.5 Å². The minimum Gasteiger partial charge on any atom is -0.464 e. The average molecular weight is 810 g/mol. The maximum absolute atomic E-state index is 14.3. The lowest BCUT2D eigenvalue weighted by Gasteiger charge is -2.24. The second kappa shape index (κ2) is 18.8. The molecule has 0 saturated heterocycles. The van der Waals surface area contributed by atoms with Gasteiger partial charge in [0, 0.05) is 31.6 Å². The summed E-state index contributed by atoms with van der Waals surface area (Å²) < 4.78 is 40.3. The van der Waals surface area contributed by atoms with E-state index in [0.717, 1.165) is 17.8 Å². The first-order chi connectivity index (χ1) is 26.7. The molecule has 5 aromatic rings. The third kappa shape index (κ3) is 11.0. The minimum atomic E-state index is -0.995. The number of benzene rings is 4. The van der Waals surface area contributed by atoms with Gasteiger partial charge in [0.2, 0.25) is 11.8 Å². The first kappa shape index (κ1) is 41.6. The van der Waals surface area contributed by atoms with Crippen LogP contribution in [0.5, 0.6) is 0 Å². The molecule has 0 radical (unpaired) electrons. The van der Waals surface area contributed by atoms with Crippen molar-refractivity contribution in [3.63, 3.8) is 0 Å². The largest absolute Gasteiger partial charge is 0.464 e. The molecular weight excluding hydrogens is 769 g/mol. The van der Waals surface area contributed by atoms with Crippen molar-refractivity contribution in [3.8, 4) is 11.4 Å². The number of ether oxygens (including phenoxy) is 2. The van der Waals surface area contributed by atoms with E-state index in [1.54, 1.807) is 36.4 Å². The molecule has 16 heteroatoms. The lowest BCUT2D eigenvalue weighted by molar-refractivity contribution is -0.141. The Morgan fingerprint density at radius 2 is 1.50 bits per heavy atom. The third-order valence-electron chi connectivity index (χ3n) is 8.82. The minimum absolute atomic E-state index is 0.115. The van der Waals surface area contributed by atoms with Crippen LogP contribution in [0.2, 0.25) is 10.0 Å². The lowest BCUT2D eigenvalue weighted by Crippen LogP contribution is -2.44. The van der Waals surface area contributed by atoms with E-state index < -0.39 is 47.5 Å². The first-order valence-corrected chi connectivity index (χ1v) is 18.3. The number of fused-ring (bicyclic) bond motifs is 1. The highest BCUT2D eigenvalue weighted by Gasteiger charge is 2.24. The van der Waals surface area contributed by atoms with E-state index in [1.807, 2.05) is 33.7 Å². The smallest absolute Gasteiger partial charge is 0.302 e. The van der Waals surface area contributed by atoms with E-state index in [1.165, 1.54) is 19.9 Å². The van der Waals surface area contributed by atoms with Crippen molar-refractivity contribution >= 4 is 63.7 Å². The molecule has 2 atom stereocenters. The SMILES string of the molecule is CC(=O)OCCN(CCOC(C)=O)c1ccc(-c2nc3cc(C(CC(N)=O)NC(=O)C(N)Cc4ccc(Cl)c(Cl)c4)ccc3n2Cc2ccc(F)c(F)c2)cc1. The zero-order chi connectivity index (χ0) is 40.5. The molecule has 0 spiro atoms. The maximum Gasteiger partial charge on any atom is 0.302 e. The molecule has 0 saturated carbocycles. The molecular formula is C40H40Cl2F2N6O6. The van der Waals surface area contributed by atoms with Gasteiger partial charge in [0.25, 0.3) is 0 Å². The summed E-state index contributed by atoms with van der Waals surface area (Å²) in [5.74, 6) is -3.51. The first-order valence-electron chi connectivity index (χ1n) is 17.5. The molecule has 2 amide bonds. The Balaban J connectivity index is 1.48. The number of esters is 2. The summed E-state index contributed by atoms with van der Waals surface area (Å²) >= 11 is 12.2. The summed E-state index contributed by atoms with van der Waals surface area (Å²) in [6, 6.07) is 19.3. The van der Waals surface area contributed by atoms with Gasteiger partial charge < -0.3 is 35.7 Å². The Hall–Kier alpha value is -5.57. The van der Waals surface area contributed by atoms with Gasteiger partial charge in [0.15, 0.2) is 11.6 Å². The van der Waals surface area contributed by atoms with Crippen LogP contribution >= 0.6 is 23.2 Å². The monoisotopic (exact) mass is 808 g/mol. The number of hydrogen-bond acceptors (Lipinski definition) is 9. The predicted molar refractivity (Wildman–Crippen MR) is 209 cm³/mol. The van der Waals surface area contributed by atoms with Crippen molar-refractivity contribution in [3.05, 3.63) is 117 Å². The number of nitrogens with zero attached hydrogens (tertiary/aromatic N) is 3. The van der Waals surface area contributed by atoms with Gasteiger partial charge in [-0.2, -0.15) is 0 Å². The second-order valence-electron chi connectivity index (χ2n) is 13.0. The Bertz CT molecular complexity index is 2220. The van der Waals surface area contributed by atoms with Gasteiger partial charge in [0.1, 0.15) is 19.0 Å². The highest BCUT2D eigenvalue weighted by molar-refractivity contribution is 6.42. The van der Waals surface area contributed by atoms with Crippen molar-refractivity contribution in [2.45, 2.75) is 45.3 Å². The predicted octanol–water partition coefficient (Wildman–Crippen LogP) is 5.87. The number of aromatic nitrogens is 2. The number of amides is 2. The number of hydrogen-bond donors (Lipinski definition) is 3. The van der Waals surface area contributed by atoms with Gasteiger partial charge in [-0.3, -0.25) is 19.2 Å². The standard InChI is InChI=1S/C40H40Cl2F2N6O6/c1-23(51)55-15-13-49(14-16-56-24(2)52)29-8-5-27(6-9-29)39-47-36-20-28(7-12-37(36)50(39)22-26-4-11-32(43)33(44)18-26)35(21-38(46)53)48-40(54)34(45)19-25-3-10-30(41)31(42)17-25/h3-12,17-18,20,34-35H,13-16,19,21-22,45H2,1-2H3,(H2,46,53)(H,48,54). The lowest BCUT2D eigenvalue weighted by atomic mass is 10.0. The molecule has 4 aromatic carbocycles. The summed E-state index contributed by atoms with van der Waals surface area (Å²) in [4.78, 5) is 55.1. The van der Waals surface area contributed by atoms with Gasteiger partial charge in [-0.15, -0.1) is 0 Å². The number of carbonyl (C=O) groups excluding carboxylic acids is 4. The summed E-state index contributed by atoms with van der Waals surface area (Å²) in [6.07, 6.45) is -0.0796. The number of nitrogens with two attached hydrogens (primary N) is 2. The van der Waals surface area contributed by atoms with Gasteiger partial charge in [0.05, 0.1) is 52.7 Å². The average Bonchev–Trinajstić information content (AvgIpc) is 3.50. The molecule has 0 aliphatic heterocycles. The number of imidazole rings is 1. The molecule has 56 heavy (non-hydrogen) atoms. The van der Waals surface area contributed by atoms with Crippen LogP contribution in [0.15, 0.2) is 78.9 Å². The second-order valence-corrected chi connectivity index (χ2v) is 13.8. The van der Waals surface area contributed by atoms with E-state index in [4.69, 9.17) is 49.1 Å². The van der Waals surface area contributed by atoms with Crippen LogP contribution in [0.4, 0.5) is 14.5 Å². The molecule has 0 bridgehead atoms. The third-order valence-corrected chi connectivity index (χ3v) is 9.56. The number of halogens is 4. The Morgan fingerprint density at radius 3 is 2.11 bits per heavy atom. The summed E-state index contributed by atoms with van der Waals surface area (Å²) in [6.45, 7) is 3.65. The van der Waals surface area contributed by atoms with Crippen LogP contribution in [0.1, 0.15) is 43.0 Å². The molecule has 1 heterocycles. The fourth-order valence-corrected chi connectivity index (χ4v) is 6.42. The zero-order valence-electron chi connectivity index (χ0n) is 30.6. The van der Waals surface area contributed by atoms with Crippen molar-refractivity contribution in [2.75, 3.05) is 31.2 Å². The van der Waals surface area contributed by atoms with Crippen LogP contribution < -0.4 is 21.7 Å². The van der Waals surface area contributed by atoms with E-state index in [-0.39, 0.29) is 32.6 Å². The van der Waals surface area contributed by atoms with E-state index in [2.05, 4.69) is 5.32 Å². The quantitative estimate of drug-likeness (QED) is 0.0972. The molecule has 294 valence electrons. The summed E-state index contributed by atoms with van der Waals surface area (Å²) in [5.41, 5.74) is 16.1. The number of primary amides is 1. The zero-order valence-corrected chi connectivity index (χ0v) is 32.1. The Kier molecular flexibility index (Phi) is 14.0. The van der Waals surface area contributed by atoms with Crippen LogP contribution in [-0.4, -0.2) is 65.6 Å². The molecule has 0 fully saturated rings. The highest BCUT2D eigenvalue weighted by Crippen LogP contribution is 2.31. The van der Waals surface area contributed by atoms with Crippen molar-refractivity contribution < 1.29 is 37.4 Å². The molecule has 0 aliphatic rings. The summed E-state index contributed by atoms with van der Waals surface area (Å²) in [7, 11) is 0. The number of anilines is 1. The van der Waals surface area contributed by atoms with Crippen LogP contribution in [0.3, 0.4) is 0 Å². The molecule has 2 unspecified atom stereocenters.